The zero-order valence-corrected chi connectivity index (χ0v) is 44.9. The summed E-state index contributed by atoms with van der Waals surface area (Å²) in [5.74, 6) is 0.0610. The molecule has 72 heavy (non-hydrogen) atoms. The van der Waals surface area contributed by atoms with E-state index >= 15 is 0 Å². The lowest BCUT2D eigenvalue weighted by atomic mass is 9.49. The van der Waals surface area contributed by atoms with Crippen LogP contribution in [0.3, 0.4) is 0 Å². The number of hydrogen-bond acceptors (Lipinski definition) is 13. The van der Waals surface area contributed by atoms with Gasteiger partial charge < -0.3 is 35.6 Å². The number of nitrogens with one attached hydrogen (secondary N) is 3. The van der Waals surface area contributed by atoms with Crippen molar-refractivity contribution >= 4 is 53.3 Å². The summed E-state index contributed by atoms with van der Waals surface area (Å²) in [6.07, 6.45) is 2.64. The first-order valence-electron chi connectivity index (χ1n) is 24.7. The van der Waals surface area contributed by atoms with Gasteiger partial charge in [0.1, 0.15) is 35.8 Å². The number of hydrogen-bond donors (Lipinski definition) is 4. The van der Waals surface area contributed by atoms with Crippen LogP contribution in [0.1, 0.15) is 91.6 Å². The van der Waals surface area contributed by atoms with Gasteiger partial charge in [-0.1, -0.05) is 90.4 Å². The van der Waals surface area contributed by atoms with Crippen molar-refractivity contribution in [2.45, 2.75) is 118 Å². The van der Waals surface area contributed by atoms with Crippen LogP contribution in [-0.4, -0.2) is 149 Å². The number of thiazole rings is 1. The van der Waals surface area contributed by atoms with Crippen LogP contribution in [-0.2, 0) is 19.2 Å². The van der Waals surface area contributed by atoms with Crippen molar-refractivity contribution in [3.8, 4) is 22.3 Å². The smallest absolute Gasteiger partial charge is 0.247 e. The molecule has 7 rings (SSSR count). The second kappa shape index (κ2) is 21.8. The Morgan fingerprint density at radius 3 is 2.28 bits per heavy atom. The number of piperazine rings is 1. The molecule has 0 bridgehead atoms. The van der Waals surface area contributed by atoms with Gasteiger partial charge in [0, 0.05) is 86.8 Å². The molecule has 16 nitrogen and oxygen atoms in total. The van der Waals surface area contributed by atoms with Crippen LogP contribution in [0.5, 0.6) is 5.75 Å². The topological polar surface area (TPSA) is 196 Å². The van der Waals surface area contributed by atoms with Gasteiger partial charge in [-0.25, -0.2) is 9.98 Å². The fourth-order valence-electron chi connectivity index (χ4n) is 11.0. The molecule has 3 saturated heterocycles. The predicted octanol–water partition coefficient (Wildman–Crippen LogP) is 6.10. The Bertz CT molecular complexity index is 2600. The lowest BCUT2D eigenvalue weighted by molar-refractivity contribution is -0.172. The quantitative estimate of drug-likeness (QED) is 0.0736. The number of halogens is 1. The summed E-state index contributed by atoms with van der Waals surface area (Å²) in [5, 5.41) is 29.6. The van der Waals surface area contributed by atoms with E-state index in [1.54, 1.807) is 42.5 Å². The number of likely N-dealkylation sites (tertiary alicyclic amines) is 2. The number of aliphatic hydroxyl groups excluding tert-OH is 1. The van der Waals surface area contributed by atoms with Gasteiger partial charge in [-0.05, 0) is 62.2 Å². The van der Waals surface area contributed by atoms with Gasteiger partial charge in [0.15, 0.2) is 0 Å². The Kier molecular flexibility index (Phi) is 16.4. The third-order valence-electron chi connectivity index (χ3n) is 15.0. The van der Waals surface area contributed by atoms with E-state index in [9.17, 15) is 29.5 Å². The minimum Gasteiger partial charge on any atom is -0.489 e. The summed E-state index contributed by atoms with van der Waals surface area (Å²) in [5.41, 5.74) is 4.20. The number of benzene rings is 2. The minimum absolute atomic E-state index is 0.00129. The maximum Gasteiger partial charge on any atom is 0.247 e. The predicted molar refractivity (Wildman–Crippen MR) is 281 cm³/mol. The molecule has 4 aliphatic rings. The van der Waals surface area contributed by atoms with Crippen LogP contribution in [0.25, 0.3) is 10.4 Å². The van der Waals surface area contributed by atoms with E-state index in [1.807, 2.05) is 70.5 Å². The number of aliphatic imine (C=N–C) groups is 1. The standard InChI is InChI=1S/C54H71ClN10O6S/c1-32(47(68)61-50-53(7,8)51(54(50,9)10)71-40-18-17-37(26-56)41(55)25-40)12-19-43(57-11)64-22-20-63(21-23-64)38-27-62(28-38)30-44(67)60-46(52(4,5)6)49(70)65-29-39(66)24-42(65)48(69)59-33(2)35-13-15-36(16-14-35)45-34(3)58-31-72-45/h12-19,25,31,33,38-39,42,46,50-51,66H,11,20-24,27-30H2,1-10H3,(H,59,69)(H,60,67)(H,61,68)/b32-12+,43-19+/t33-,39+,42?,46+,50-,51-/m0/s1. The Labute approximate surface area is 433 Å². The van der Waals surface area contributed by atoms with Crippen LogP contribution in [0.15, 0.2) is 76.5 Å². The second-order valence-electron chi connectivity index (χ2n) is 22.1. The number of rotatable bonds is 16. The van der Waals surface area contributed by atoms with E-state index < -0.39 is 40.3 Å². The van der Waals surface area contributed by atoms with E-state index in [4.69, 9.17) is 16.3 Å². The highest BCUT2D eigenvalue weighted by Gasteiger charge is 2.64. The van der Waals surface area contributed by atoms with Crippen molar-refractivity contribution in [3.63, 3.8) is 0 Å². The summed E-state index contributed by atoms with van der Waals surface area (Å²) in [6.45, 7) is 28.0. The number of nitrogens with zero attached hydrogens (tertiary/aromatic N) is 7. The van der Waals surface area contributed by atoms with E-state index in [2.05, 4.69) is 81.1 Å². The lowest BCUT2D eigenvalue weighted by Crippen LogP contribution is -2.74. The largest absolute Gasteiger partial charge is 0.489 e. The number of aromatic nitrogens is 1. The van der Waals surface area contributed by atoms with Crippen molar-refractivity contribution in [3.05, 3.63) is 93.4 Å². The Morgan fingerprint density at radius 1 is 1.03 bits per heavy atom. The van der Waals surface area contributed by atoms with Gasteiger partial charge in [-0.15, -0.1) is 11.3 Å². The van der Waals surface area contributed by atoms with E-state index in [-0.39, 0.29) is 61.5 Å². The zero-order valence-electron chi connectivity index (χ0n) is 43.3. The molecule has 3 aromatic rings. The molecule has 1 saturated carbocycles. The molecule has 4 amide bonds. The number of nitriles is 1. The molecule has 4 heterocycles. The fraction of sp³-hybridized carbons (Fsp3) is 0.537. The third kappa shape index (κ3) is 11.7. The van der Waals surface area contributed by atoms with Gasteiger partial charge in [0.25, 0.3) is 0 Å². The molecule has 3 aliphatic heterocycles. The van der Waals surface area contributed by atoms with Crippen LogP contribution in [0, 0.1) is 34.5 Å². The van der Waals surface area contributed by atoms with Crippen molar-refractivity contribution in [1.82, 2.24) is 40.5 Å². The Morgan fingerprint density at radius 2 is 1.69 bits per heavy atom. The molecular weight excluding hydrogens is 952 g/mol. The SMILES string of the molecule is C=N/C(=C\C=C(/C)C(=O)N[C@H]1C(C)(C)[C@H](Oc2ccc(C#N)c(Cl)c2)C1(C)C)N1CCN(C2CN(CC(=O)N[C@H](C(=O)N3C[C@H](O)CC3C(=O)N[C@@H](C)c3ccc(-c4scnc4C)cc3)C(C)(C)C)C2)CC1. The van der Waals surface area contributed by atoms with Crippen molar-refractivity contribution in [2.24, 2.45) is 21.2 Å². The van der Waals surface area contributed by atoms with Gasteiger partial charge in [-0.2, -0.15) is 5.26 Å². The maximum absolute atomic E-state index is 14.3. The molecule has 2 aromatic carbocycles. The minimum atomic E-state index is -0.914. The molecule has 4 fully saturated rings. The first-order chi connectivity index (χ1) is 33.9. The molecule has 4 N–H and O–H groups in total. The normalized spacial score (nSPS) is 23.5. The summed E-state index contributed by atoms with van der Waals surface area (Å²) < 4.78 is 6.38. The van der Waals surface area contributed by atoms with E-state index in [1.165, 1.54) is 4.90 Å². The summed E-state index contributed by atoms with van der Waals surface area (Å²) in [6, 6.07) is 13.0. The van der Waals surface area contributed by atoms with Gasteiger partial charge in [-0.3, -0.25) is 29.0 Å². The van der Waals surface area contributed by atoms with Crippen LogP contribution in [0.4, 0.5) is 0 Å². The number of allylic oxidation sites excluding steroid dienone is 2. The average Bonchev–Trinajstić information content (AvgIpc) is 3.94. The monoisotopic (exact) mass is 1020 g/mol. The molecular formula is C54H71ClN10O6S. The fourth-order valence-corrected chi connectivity index (χ4v) is 12.0. The summed E-state index contributed by atoms with van der Waals surface area (Å²) in [7, 11) is 0. The average molecular weight is 1020 g/mol. The van der Waals surface area contributed by atoms with Gasteiger partial charge in [0.2, 0.25) is 23.6 Å². The molecule has 1 aromatic heterocycles. The molecule has 0 radical (unpaired) electrons. The molecule has 1 aliphatic carbocycles. The highest BCUT2D eigenvalue weighted by atomic mass is 35.5. The van der Waals surface area contributed by atoms with Gasteiger partial charge >= 0.3 is 0 Å². The molecule has 18 heteroatoms. The number of β-amino-alcohol motifs (C(OH)–C–C–N with tert-alkyl or cyclic N) is 1. The van der Waals surface area contributed by atoms with Crippen molar-refractivity contribution in [1.29, 1.82) is 5.26 Å². The summed E-state index contributed by atoms with van der Waals surface area (Å²) >= 11 is 7.85. The van der Waals surface area contributed by atoms with Crippen molar-refractivity contribution < 1.29 is 29.0 Å². The van der Waals surface area contributed by atoms with Gasteiger partial charge in [0.05, 0.1) is 45.4 Å². The molecule has 4 atom stereocenters. The van der Waals surface area contributed by atoms with Crippen LogP contribution < -0.4 is 20.7 Å². The first kappa shape index (κ1) is 54.1. The number of carbonyl (C=O) groups excluding carboxylic acids is 4. The van der Waals surface area contributed by atoms with Crippen LogP contribution >= 0.6 is 22.9 Å². The highest BCUT2D eigenvalue weighted by molar-refractivity contribution is 7.13. The van der Waals surface area contributed by atoms with Crippen LogP contribution in [0.2, 0.25) is 5.02 Å². The third-order valence-corrected chi connectivity index (χ3v) is 16.2. The Hall–Kier alpha value is -5.64. The highest BCUT2D eigenvalue weighted by Crippen LogP contribution is 2.55. The molecule has 1 unspecified atom stereocenters. The van der Waals surface area contributed by atoms with Crippen molar-refractivity contribution in [2.75, 3.05) is 52.4 Å². The maximum atomic E-state index is 14.3. The number of carbonyl (C=O) groups is 4. The van der Waals surface area contributed by atoms with E-state index in [0.717, 1.165) is 47.9 Å². The summed E-state index contributed by atoms with van der Waals surface area (Å²) in [4.78, 5) is 73.0. The number of amides is 4. The lowest BCUT2D eigenvalue weighted by Gasteiger charge is -2.63. The zero-order chi connectivity index (χ0) is 52.4. The second-order valence-corrected chi connectivity index (χ2v) is 23.3. The van der Waals surface area contributed by atoms with E-state index in [0.29, 0.717) is 40.8 Å². The Balaban J connectivity index is 0.858. The molecule has 0 spiro atoms. The number of ether oxygens (including phenoxy) is 1. The number of aryl methyl sites for hydroxylation is 1. The number of aliphatic hydroxyl groups is 1. The first-order valence-corrected chi connectivity index (χ1v) is 26.0. The molecule has 386 valence electrons.